The van der Waals surface area contributed by atoms with Gasteiger partial charge in [-0.25, -0.2) is 26.7 Å². The van der Waals surface area contributed by atoms with Crippen LogP contribution in [-0.2, 0) is 10.3 Å². The van der Waals surface area contributed by atoms with Gasteiger partial charge < -0.3 is 5.32 Å². The van der Waals surface area contributed by atoms with Crippen molar-refractivity contribution >= 4 is 18.2 Å². The van der Waals surface area contributed by atoms with Gasteiger partial charge >= 0.3 is 6.03 Å². The predicted molar refractivity (Wildman–Crippen MR) is 83.0 cm³/mol. The standard InChI is InChI=1S/C17H10F5N3O2/c1-17(8-5-3-2-4-6-8)15(26)25(16(27)24-17)23-7-9-10(18)12(20)14(22)13(21)11(9)19/h2-7H,1H3,(H,24,27)/t17-/m0/s1. The summed E-state index contributed by atoms with van der Waals surface area (Å²) in [5.74, 6) is -11.8. The number of nitrogens with one attached hydrogen (secondary N) is 1. The number of halogens is 5. The van der Waals surface area contributed by atoms with Crippen molar-refractivity contribution in [1.29, 1.82) is 0 Å². The van der Waals surface area contributed by atoms with Crippen molar-refractivity contribution in [2.45, 2.75) is 12.5 Å². The maximum Gasteiger partial charge on any atom is 0.346 e. The van der Waals surface area contributed by atoms with Gasteiger partial charge in [-0.2, -0.15) is 5.10 Å². The summed E-state index contributed by atoms with van der Waals surface area (Å²) in [5.41, 5.74) is -2.47. The number of amides is 3. The van der Waals surface area contributed by atoms with E-state index < -0.39 is 52.1 Å². The minimum atomic E-state index is -2.33. The maximum atomic E-state index is 13.7. The van der Waals surface area contributed by atoms with Gasteiger partial charge in [0.15, 0.2) is 23.3 Å². The summed E-state index contributed by atoms with van der Waals surface area (Å²) in [6.45, 7) is 1.39. The fourth-order valence-electron chi connectivity index (χ4n) is 2.55. The summed E-state index contributed by atoms with van der Waals surface area (Å²) in [4.78, 5) is 24.6. The molecule has 1 heterocycles. The van der Waals surface area contributed by atoms with E-state index in [1.165, 1.54) is 6.92 Å². The normalized spacial score (nSPS) is 19.9. The van der Waals surface area contributed by atoms with Gasteiger partial charge in [0, 0.05) is 0 Å². The second-order valence-corrected chi connectivity index (χ2v) is 5.77. The molecule has 3 amide bonds. The number of imide groups is 1. The Bertz CT molecular complexity index is 951. The van der Waals surface area contributed by atoms with Crippen molar-refractivity contribution in [2.24, 2.45) is 5.10 Å². The molecule has 2 aromatic carbocycles. The Labute approximate surface area is 149 Å². The van der Waals surface area contributed by atoms with Gasteiger partial charge in [-0.15, -0.1) is 5.01 Å². The van der Waals surface area contributed by atoms with Crippen molar-refractivity contribution in [3.8, 4) is 0 Å². The molecule has 27 heavy (non-hydrogen) atoms. The number of carbonyl (C=O) groups excluding carboxylic acids is 2. The fraction of sp³-hybridized carbons (Fsp3) is 0.118. The number of nitrogens with zero attached hydrogens (tertiary/aromatic N) is 2. The molecule has 1 atom stereocenters. The molecule has 2 aromatic rings. The number of hydrogen-bond acceptors (Lipinski definition) is 3. The van der Waals surface area contributed by atoms with Gasteiger partial charge in [-0.1, -0.05) is 30.3 Å². The van der Waals surface area contributed by atoms with E-state index in [4.69, 9.17) is 0 Å². The Kier molecular flexibility index (Phi) is 4.42. The molecule has 0 aromatic heterocycles. The minimum Gasteiger partial charge on any atom is -0.318 e. The van der Waals surface area contributed by atoms with Crippen molar-refractivity contribution in [3.05, 3.63) is 70.5 Å². The van der Waals surface area contributed by atoms with Crippen LogP contribution < -0.4 is 5.32 Å². The molecule has 3 rings (SSSR count). The van der Waals surface area contributed by atoms with Gasteiger partial charge in [0.2, 0.25) is 5.82 Å². The van der Waals surface area contributed by atoms with Crippen LogP contribution in [0.2, 0.25) is 0 Å². The zero-order valence-electron chi connectivity index (χ0n) is 13.6. The number of carbonyl (C=O) groups is 2. The van der Waals surface area contributed by atoms with Crippen LogP contribution in [0.3, 0.4) is 0 Å². The molecule has 10 heteroatoms. The van der Waals surface area contributed by atoms with Crippen LogP contribution in [0.5, 0.6) is 0 Å². The SMILES string of the molecule is C[C@@]1(c2ccccc2)NC(=O)N(N=Cc2c(F)c(F)c(F)c(F)c2F)C1=O. The molecule has 1 aliphatic heterocycles. The number of hydrogen-bond donors (Lipinski definition) is 1. The summed E-state index contributed by atoms with van der Waals surface area (Å²) >= 11 is 0. The maximum absolute atomic E-state index is 13.7. The third-order valence-electron chi connectivity index (χ3n) is 4.07. The monoisotopic (exact) mass is 383 g/mol. The van der Waals surface area contributed by atoms with E-state index in [2.05, 4.69) is 10.4 Å². The quantitative estimate of drug-likeness (QED) is 0.291. The van der Waals surface area contributed by atoms with Crippen LogP contribution in [0.4, 0.5) is 26.7 Å². The zero-order chi connectivity index (χ0) is 19.9. The number of rotatable bonds is 3. The van der Waals surface area contributed by atoms with E-state index in [-0.39, 0.29) is 11.2 Å². The van der Waals surface area contributed by atoms with Crippen LogP contribution in [0.15, 0.2) is 35.4 Å². The minimum absolute atomic E-state index is 0.227. The Balaban J connectivity index is 1.98. The summed E-state index contributed by atoms with van der Waals surface area (Å²) in [6, 6.07) is 7.05. The van der Waals surface area contributed by atoms with E-state index in [0.717, 1.165) is 0 Å². The first-order chi connectivity index (χ1) is 12.7. The molecular weight excluding hydrogens is 373 g/mol. The molecule has 140 valence electrons. The third-order valence-corrected chi connectivity index (χ3v) is 4.07. The summed E-state index contributed by atoms with van der Waals surface area (Å²) in [7, 11) is 0. The first kappa shape index (κ1) is 18.5. The Morgan fingerprint density at radius 1 is 0.926 bits per heavy atom. The Hall–Kier alpha value is -3.30. The zero-order valence-corrected chi connectivity index (χ0v) is 13.6. The summed E-state index contributed by atoms with van der Waals surface area (Å²) in [5, 5.41) is 5.95. The van der Waals surface area contributed by atoms with Gasteiger partial charge in [-0.3, -0.25) is 4.79 Å². The summed E-state index contributed by atoms with van der Waals surface area (Å²) < 4.78 is 66.8. The predicted octanol–water partition coefficient (Wildman–Crippen LogP) is 3.18. The van der Waals surface area contributed by atoms with E-state index in [0.29, 0.717) is 5.56 Å². The highest BCUT2D eigenvalue weighted by Gasteiger charge is 2.49. The average molecular weight is 383 g/mol. The summed E-state index contributed by atoms with van der Waals surface area (Å²) in [6.07, 6.45) is 0.227. The van der Waals surface area contributed by atoms with Gasteiger partial charge in [0.05, 0.1) is 11.8 Å². The average Bonchev–Trinajstić information content (AvgIpc) is 2.89. The van der Waals surface area contributed by atoms with Crippen LogP contribution in [-0.4, -0.2) is 23.2 Å². The lowest BCUT2D eigenvalue weighted by Crippen LogP contribution is -2.40. The largest absolute Gasteiger partial charge is 0.346 e. The molecule has 1 saturated heterocycles. The molecular formula is C17H10F5N3O2. The molecule has 1 N–H and O–H groups in total. The molecule has 0 bridgehead atoms. The molecule has 1 fully saturated rings. The van der Waals surface area contributed by atoms with Crippen LogP contribution in [0.1, 0.15) is 18.1 Å². The van der Waals surface area contributed by atoms with Gasteiger partial charge in [0.1, 0.15) is 5.54 Å². The third kappa shape index (κ3) is 2.82. The lowest BCUT2D eigenvalue weighted by molar-refractivity contribution is -0.131. The van der Waals surface area contributed by atoms with Crippen LogP contribution in [0.25, 0.3) is 0 Å². The van der Waals surface area contributed by atoms with E-state index in [1.54, 1.807) is 30.3 Å². The van der Waals surface area contributed by atoms with Crippen molar-refractivity contribution in [1.82, 2.24) is 10.3 Å². The lowest BCUT2D eigenvalue weighted by Gasteiger charge is -2.20. The molecule has 0 unspecified atom stereocenters. The highest BCUT2D eigenvalue weighted by Crippen LogP contribution is 2.29. The lowest BCUT2D eigenvalue weighted by atomic mass is 9.92. The van der Waals surface area contributed by atoms with E-state index in [1.807, 2.05) is 0 Å². The van der Waals surface area contributed by atoms with Crippen molar-refractivity contribution in [3.63, 3.8) is 0 Å². The van der Waals surface area contributed by atoms with Crippen LogP contribution in [0, 0.1) is 29.1 Å². The number of hydrazone groups is 1. The van der Waals surface area contributed by atoms with Gasteiger partial charge in [-0.05, 0) is 12.5 Å². The van der Waals surface area contributed by atoms with E-state index >= 15 is 0 Å². The molecule has 5 nitrogen and oxygen atoms in total. The highest BCUT2D eigenvalue weighted by atomic mass is 19.2. The molecule has 0 spiro atoms. The van der Waals surface area contributed by atoms with Crippen LogP contribution >= 0.6 is 0 Å². The molecule has 0 radical (unpaired) electrons. The first-order valence-corrected chi connectivity index (χ1v) is 7.46. The first-order valence-electron chi connectivity index (χ1n) is 7.46. The fourth-order valence-corrected chi connectivity index (χ4v) is 2.55. The van der Waals surface area contributed by atoms with Crippen molar-refractivity contribution < 1.29 is 31.5 Å². The number of urea groups is 1. The van der Waals surface area contributed by atoms with Gasteiger partial charge in [0.25, 0.3) is 5.91 Å². The number of benzene rings is 2. The topological polar surface area (TPSA) is 61.8 Å². The molecule has 0 saturated carbocycles. The second-order valence-electron chi connectivity index (χ2n) is 5.77. The Morgan fingerprint density at radius 3 is 2.00 bits per heavy atom. The molecule has 0 aliphatic carbocycles. The second kappa shape index (κ2) is 6.45. The highest BCUT2D eigenvalue weighted by molar-refractivity contribution is 6.07. The smallest absolute Gasteiger partial charge is 0.318 e. The molecule has 1 aliphatic rings. The Morgan fingerprint density at radius 2 is 1.44 bits per heavy atom. The van der Waals surface area contributed by atoms with Crippen molar-refractivity contribution in [2.75, 3.05) is 0 Å². The van der Waals surface area contributed by atoms with E-state index in [9.17, 15) is 31.5 Å².